The lowest BCUT2D eigenvalue weighted by molar-refractivity contribution is -0.135. The van der Waals surface area contributed by atoms with Crippen LogP contribution in [0.3, 0.4) is 0 Å². The fraction of sp³-hybridized carbons (Fsp3) is 0.700. The van der Waals surface area contributed by atoms with Crippen molar-refractivity contribution in [2.75, 3.05) is 19.6 Å². The van der Waals surface area contributed by atoms with Gasteiger partial charge >= 0.3 is 0 Å². The van der Waals surface area contributed by atoms with Crippen molar-refractivity contribution in [3.8, 4) is 12.1 Å². The van der Waals surface area contributed by atoms with E-state index in [4.69, 9.17) is 10.5 Å². The summed E-state index contributed by atoms with van der Waals surface area (Å²) in [6.07, 6.45) is 1.72. The molecular weight excluding hydrogens is 192 g/mol. The molecule has 1 amide bonds. The molecule has 1 atom stereocenters. The number of nitrogens with one attached hydrogen (secondary N) is 1. The minimum atomic E-state index is -0.590. The number of hydrogen-bond donors (Lipinski definition) is 1. The molecule has 1 rings (SSSR count). The van der Waals surface area contributed by atoms with E-state index >= 15 is 0 Å². The third kappa shape index (κ3) is 2.45. The van der Waals surface area contributed by atoms with Gasteiger partial charge in [0.2, 0.25) is 5.91 Å². The lowest BCUT2D eigenvalue weighted by Gasteiger charge is -2.28. The second-order valence-electron chi connectivity index (χ2n) is 3.84. The molecule has 1 saturated heterocycles. The van der Waals surface area contributed by atoms with Gasteiger partial charge in [0.25, 0.3) is 0 Å². The normalized spacial score (nSPS) is 24.2. The molecule has 1 heterocycles. The Morgan fingerprint density at radius 2 is 2.07 bits per heavy atom. The predicted octanol–water partition coefficient (Wildman–Crippen LogP) is 0.00426. The molecule has 80 valence electrons. The Bertz CT molecular complexity index is 303. The monoisotopic (exact) mass is 206 g/mol. The van der Waals surface area contributed by atoms with Gasteiger partial charge < -0.3 is 10.2 Å². The smallest absolute Gasteiger partial charge is 0.244 e. The van der Waals surface area contributed by atoms with Crippen molar-refractivity contribution in [3.05, 3.63) is 0 Å². The first kappa shape index (κ1) is 11.5. The van der Waals surface area contributed by atoms with Gasteiger partial charge in [0.05, 0.1) is 17.7 Å². The molecule has 1 N–H and O–H groups in total. The first-order chi connectivity index (χ1) is 7.14. The Labute approximate surface area is 89.3 Å². The van der Waals surface area contributed by atoms with Crippen molar-refractivity contribution in [2.24, 2.45) is 0 Å². The average molecular weight is 206 g/mol. The Kier molecular flexibility index (Phi) is 3.65. The molecule has 0 bridgehead atoms. The van der Waals surface area contributed by atoms with Crippen LogP contribution in [0.1, 0.15) is 19.8 Å². The quantitative estimate of drug-likeness (QED) is 0.659. The van der Waals surface area contributed by atoms with Gasteiger partial charge in [0, 0.05) is 0 Å². The maximum absolute atomic E-state index is 12.0. The van der Waals surface area contributed by atoms with Gasteiger partial charge in [-0.15, -0.1) is 0 Å². The Balaban J connectivity index is 2.72. The van der Waals surface area contributed by atoms with E-state index in [0.717, 1.165) is 19.4 Å². The molecule has 0 aromatic carbocycles. The third-order valence-corrected chi connectivity index (χ3v) is 2.65. The van der Waals surface area contributed by atoms with E-state index in [9.17, 15) is 4.79 Å². The zero-order valence-corrected chi connectivity index (χ0v) is 8.79. The van der Waals surface area contributed by atoms with E-state index in [-0.39, 0.29) is 19.0 Å². The van der Waals surface area contributed by atoms with Crippen LogP contribution in [0.5, 0.6) is 0 Å². The summed E-state index contributed by atoms with van der Waals surface area (Å²) < 4.78 is 0. The van der Waals surface area contributed by atoms with Gasteiger partial charge in [0.15, 0.2) is 0 Å². The van der Waals surface area contributed by atoms with Crippen LogP contribution in [0.2, 0.25) is 0 Å². The molecule has 5 heteroatoms. The Hall–Kier alpha value is -1.59. The molecular formula is C10H14N4O. The molecule has 0 radical (unpaired) electrons. The fourth-order valence-corrected chi connectivity index (χ4v) is 1.80. The zero-order chi connectivity index (χ0) is 11.3. The maximum Gasteiger partial charge on any atom is 0.244 e. The summed E-state index contributed by atoms with van der Waals surface area (Å²) >= 11 is 0. The van der Waals surface area contributed by atoms with E-state index in [1.54, 1.807) is 0 Å². The van der Waals surface area contributed by atoms with Crippen LogP contribution in [0.15, 0.2) is 0 Å². The topological polar surface area (TPSA) is 79.9 Å². The summed E-state index contributed by atoms with van der Waals surface area (Å²) in [6, 6.07) is 3.80. The van der Waals surface area contributed by atoms with Gasteiger partial charge in [-0.2, -0.15) is 10.5 Å². The molecule has 1 aliphatic rings. The van der Waals surface area contributed by atoms with Crippen molar-refractivity contribution >= 4 is 5.91 Å². The third-order valence-electron chi connectivity index (χ3n) is 2.65. The summed E-state index contributed by atoms with van der Waals surface area (Å²) in [5, 5.41) is 20.3. The molecule has 0 aromatic rings. The average Bonchev–Trinajstić information content (AvgIpc) is 2.65. The van der Waals surface area contributed by atoms with Crippen LogP contribution in [0.4, 0.5) is 0 Å². The number of amides is 1. The van der Waals surface area contributed by atoms with Crippen molar-refractivity contribution in [3.63, 3.8) is 0 Å². The van der Waals surface area contributed by atoms with E-state index < -0.39 is 5.54 Å². The predicted molar refractivity (Wildman–Crippen MR) is 53.4 cm³/mol. The molecule has 1 fully saturated rings. The molecule has 0 spiro atoms. The highest BCUT2D eigenvalue weighted by molar-refractivity contribution is 5.86. The van der Waals surface area contributed by atoms with Crippen molar-refractivity contribution in [2.45, 2.75) is 25.3 Å². The second kappa shape index (κ2) is 4.77. The minimum absolute atomic E-state index is 0.0241. The number of carbonyl (C=O) groups excluding carboxylic acids is 1. The molecule has 15 heavy (non-hydrogen) atoms. The van der Waals surface area contributed by atoms with Crippen LogP contribution >= 0.6 is 0 Å². The number of carbonyl (C=O) groups is 1. The molecule has 0 aliphatic carbocycles. The Morgan fingerprint density at radius 1 is 1.47 bits per heavy atom. The van der Waals surface area contributed by atoms with E-state index in [2.05, 4.69) is 5.32 Å². The number of hydrogen-bond acceptors (Lipinski definition) is 4. The van der Waals surface area contributed by atoms with Gasteiger partial charge in [-0.05, 0) is 26.3 Å². The van der Waals surface area contributed by atoms with Crippen LogP contribution in [-0.2, 0) is 4.79 Å². The number of nitrogens with zero attached hydrogens (tertiary/aromatic N) is 3. The molecule has 1 unspecified atom stereocenters. The first-order valence-corrected chi connectivity index (χ1v) is 4.92. The largest absolute Gasteiger partial charge is 0.314 e. The second-order valence-corrected chi connectivity index (χ2v) is 3.84. The van der Waals surface area contributed by atoms with Gasteiger partial charge in [0.1, 0.15) is 13.1 Å². The maximum atomic E-state index is 12.0. The SMILES string of the molecule is CC1(C(=O)N(CC#N)CC#N)CCCN1. The highest BCUT2D eigenvalue weighted by Gasteiger charge is 2.38. The van der Waals surface area contributed by atoms with E-state index in [1.165, 1.54) is 4.90 Å². The number of rotatable bonds is 3. The Morgan fingerprint density at radius 3 is 2.47 bits per heavy atom. The van der Waals surface area contributed by atoms with Crippen LogP contribution < -0.4 is 5.32 Å². The van der Waals surface area contributed by atoms with Gasteiger partial charge in [-0.3, -0.25) is 4.79 Å². The molecule has 0 aromatic heterocycles. The van der Waals surface area contributed by atoms with Crippen LogP contribution in [0.25, 0.3) is 0 Å². The summed E-state index contributed by atoms with van der Waals surface area (Å²) in [6.45, 7) is 2.59. The summed E-state index contributed by atoms with van der Waals surface area (Å²) in [5.74, 6) is -0.150. The van der Waals surface area contributed by atoms with E-state index in [1.807, 2.05) is 19.1 Å². The lowest BCUT2D eigenvalue weighted by Crippen LogP contribution is -2.53. The first-order valence-electron chi connectivity index (χ1n) is 4.92. The molecule has 1 aliphatic heterocycles. The van der Waals surface area contributed by atoms with E-state index in [0.29, 0.717) is 0 Å². The minimum Gasteiger partial charge on any atom is -0.314 e. The summed E-state index contributed by atoms with van der Waals surface area (Å²) in [4.78, 5) is 13.3. The standard InChI is InChI=1S/C10H14N4O/c1-10(3-2-6-13-10)9(15)14(7-4-11)8-5-12/h13H,2-3,6-8H2,1H3. The summed E-state index contributed by atoms with van der Waals surface area (Å²) in [7, 11) is 0. The number of nitriles is 2. The van der Waals surface area contributed by atoms with Crippen molar-refractivity contribution < 1.29 is 4.79 Å². The fourth-order valence-electron chi connectivity index (χ4n) is 1.80. The molecule has 5 nitrogen and oxygen atoms in total. The highest BCUT2D eigenvalue weighted by atomic mass is 16.2. The van der Waals surface area contributed by atoms with Crippen LogP contribution in [0, 0.1) is 22.7 Å². The van der Waals surface area contributed by atoms with Crippen molar-refractivity contribution in [1.29, 1.82) is 10.5 Å². The van der Waals surface area contributed by atoms with Gasteiger partial charge in [-0.1, -0.05) is 0 Å². The molecule has 0 saturated carbocycles. The summed E-state index contributed by atoms with van der Waals surface area (Å²) in [5.41, 5.74) is -0.590. The van der Waals surface area contributed by atoms with Crippen molar-refractivity contribution in [1.82, 2.24) is 10.2 Å². The van der Waals surface area contributed by atoms with Crippen LogP contribution in [-0.4, -0.2) is 36.0 Å². The lowest BCUT2D eigenvalue weighted by atomic mass is 9.98. The zero-order valence-electron chi connectivity index (χ0n) is 8.79. The highest BCUT2D eigenvalue weighted by Crippen LogP contribution is 2.20. The van der Waals surface area contributed by atoms with Gasteiger partial charge in [-0.25, -0.2) is 0 Å².